The molecule has 118 valence electrons. The number of carbonyl (C=O) groups excluding carboxylic acids is 1. The highest BCUT2D eigenvalue weighted by Gasteiger charge is 2.20. The number of aryl methyl sites for hydroxylation is 1. The van der Waals surface area contributed by atoms with Crippen LogP contribution in [0.4, 0.5) is 5.69 Å². The fourth-order valence-electron chi connectivity index (χ4n) is 2.86. The van der Waals surface area contributed by atoms with E-state index in [9.17, 15) is 4.79 Å². The quantitative estimate of drug-likeness (QED) is 0.797. The Kier molecular flexibility index (Phi) is 4.77. The summed E-state index contributed by atoms with van der Waals surface area (Å²) < 4.78 is 5.42. The fraction of sp³-hybridized carbons (Fsp3) is 0.250. The van der Waals surface area contributed by atoms with Gasteiger partial charge >= 0.3 is 0 Å². The molecular weight excluding hydrogens is 286 g/mol. The first-order valence-electron chi connectivity index (χ1n) is 8.08. The molecule has 0 atom stereocenters. The maximum Gasteiger partial charge on any atom is 0.250 e. The van der Waals surface area contributed by atoms with E-state index < -0.39 is 0 Å². The summed E-state index contributed by atoms with van der Waals surface area (Å²) in [6.45, 7) is 3.40. The van der Waals surface area contributed by atoms with Gasteiger partial charge in [-0.15, -0.1) is 0 Å². The maximum absolute atomic E-state index is 12.5. The van der Waals surface area contributed by atoms with Crippen LogP contribution in [0, 0.1) is 0 Å². The maximum atomic E-state index is 12.5. The number of hydrogen-bond acceptors (Lipinski definition) is 2. The van der Waals surface area contributed by atoms with Crippen LogP contribution in [-0.2, 0) is 11.2 Å². The highest BCUT2D eigenvalue weighted by atomic mass is 16.5. The van der Waals surface area contributed by atoms with Crippen molar-refractivity contribution in [1.82, 2.24) is 0 Å². The minimum absolute atomic E-state index is 0.0334. The van der Waals surface area contributed by atoms with Gasteiger partial charge in [0.25, 0.3) is 5.91 Å². The largest absolute Gasteiger partial charge is 0.494 e. The minimum atomic E-state index is 0.0334. The van der Waals surface area contributed by atoms with Crippen molar-refractivity contribution in [3.8, 4) is 5.75 Å². The van der Waals surface area contributed by atoms with E-state index in [0.29, 0.717) is 6.61 Å². The summed E-state index contributed by atoms with van der Waals surface area (Å²) in [6, 6.07) is 15.9. The second-order valence-electron chi connectivity index (χ2n) is 5.56. The first kappa shape index (κ1) is 15.3. The number of anilines is 1. The molecule has 0 N–H and O–H groups in total. The molecule has 2 aromatic carbocycles. The van der Waals surface area contributed by atoms with Crippen molar-refractivity contribution in [2.24, 2.45) is 0 Å². The van der Waals surface area contributed by atoms with Gasteiger partial charge in [-0.3, -0.25) is 4.79 Å². The van der Waals surface area contributed by atoms with E-state index in [2.05, 4.69) is 6.07 Å². The number of para-hydroxylation sites is 1. The highest BCUT2D eigenvalue weighted by molar-refractivity contribution is 6.04. The predicted octanol–water partition coefficient (Wildman–Crippen LogP) is 4.08. The summed E-state index contributed by atoms with van der Waals surface area (Å²) in [6.07, 6.45) is 5.56. The standard InChI is InChI=1S/C20H21NO2/c1-2-23-18-12-9-16(10-13-18)11-14-20(22)21-15-5-7-17-6-3-4-8-19(17)21/h3-4,6,8-14H,2,5,7,15H2,1H3/b14-11+. The molecule has 3 heteroatoms. The van der Waals surface area contributed by atoms with Crippen molar-refractivity contribution in [2.45, 2.75) is 19.8 Å². The number of benzene rings is 2. The van der Waals surface area contributed by atoms with Crippen molar-refractivity contribution in [2.75, 3.05) is 18.1 Å². The Hall–Kier alpha value is -2.55. The summed E-state index contributed by atoms with van der Waals surface area (Å²) in [5.41, 5.74) is 3.29. The molecule has 0 unspecified atom stereocenters. The zero-order valence-electron chi connectivity index (χ0n) is 13.4. The van der Waals surface area contributed by atoms with Crippen LogP contribution in [0.5, 0.6) is 5.75 Å². The number of carbonyl (C=O) groups is 1. The summed E-state index contributed by atoms with van der Waals surface area (Å²) in [7, 11) is 0. The number of rotatable bonds is 4. The molecular formula is C20H21NO2. The van der Waals surface area contributed by atoms with Gasteiger partial charge in [-0.2, -0.15) is 0 Å². The van der Waals surface area contributed by atoms with Gasteiger partial charge in [-0.05, 0) is 55.2 Å². The number of nitrogens with zero attached hydrogens (tertiary/aromatic N) is 1. The molecule has 0 aromatic heterocycles. The Balaban J connectivity index is 1.72. The Labute approximate surface area is 137 Å². The Morgan fingerprint density at radius 3 is 2.74 bits per heavy atom. The molecule has 3 nitrogen and oxygen atoms in total. The van der Waals surface area contributed by atoms with Gasteiger partial charge in [-0.25, -0.2) is 0 Å². The Morgan fingerprint density at radius 1 is 1.17 bits per heavy atom. The topological polar surface area (TPSA) is 29.5 Å². The number of fused-ring (bicyclic) bond motifs is 1. The second kappa shape index (κ2) is 7.14. The van der Waals surface area contributed by atoms with E-state index >= 15 is 0 Å². The average Bonchev–Trinajstić information content (AvgIpc) is 2.60. The van der Waals surface area contributed by atoms with Gasteiger partial charge in [0, 0.05) is 18.3 Å². The number of ether oxygens (including phenoxy) is 1. The van der Waals surface area contributed by atoms with Gasteiger partial charge in [0.15, 0.2) is 0 Å². The van der Waals surface area contributed by atoms with Gasteiger partial charge in [0.05, 0.1) is 6.61 Å². The van der Waals surface area contributed by atoms with Crippen molar-refractivity contribution in [1.29, 1.82) is 0 Å². The normalized spacial score (nSPS) is 13.9. The summed E-state index contributed by atoms with van der Waals surface area (Å²) in [4.78, 5) is 14.4. The van der Waals surface area contributed by atoms with E-state index in [0.717, 1.165) is 36.4 Å². The molecule has 0 saturated heterocycles. The molecule has 0 radical (unpaired) electrons. The fourth-order valence-corrected chi connectivity index (χ4v) is 2.86. The van der Waals surface area contributed by atoms with E-state index in [1.165, 1.54) is 5.56 Å². The van der Waals surface area contributed by atoms with Crippen molar-refractivity contribution < 1.29 is 9.53 Å². The molecule has 1 aliphatic rings. The number of hydrogen-bond donors (Lipinski definition) is 0. The monoisotopic (exact) mass is 307 g/mol. The van der Waals surface area contributed by atoms with E-state index in [4.69, 9.17) is 4.74 Å². The lowest BCUT2D eigenvalue weighted by molar-refractivity contribution is -0.114. The van der Waals surface area contributed by atoms with Gasteiger partial charge in [0.2, 0.25) is 0 Å². The molecule has 0 fully saturated rings. The lowest BCUT2D eigenvalue weighted by Crippen LogP contribution is -2.34. The summed E-state index contributed by atoms with van der Waals surface area (Å²) in [5.74, 6) is 0.881. The Bertz CT molecular complexity index is 704. The lowest BCUT2D eigenvalue weighted by Gasteiger charge is -2.28. The molecule has 2 aromatic rings. The van der Waals surface area contributed by atoms with Crippen LogP contribution in [0.15, 0.2) is 54.6 Å². The zero-order valence-corrected chi connectivity index (χ0v) is 13.4. The summed E-state index contributed by atoms with van der Waals surface area (Å²) in [5, 5.41) is 0. The van der Waals surface area contributed by atoms with Crippen molar-refractivity contribution in [3.63, 3.8) is 0 Å². The predicted molar refractivity (Wildman–Crippen MR) is 93.8 cm³/mol. The third kappa shape index (κ3) is 3.62. The molecule has 1 aliphatic heterocycles. The molecule has 1 amide bonds. The molecule has 3 rings (SSSR count). The van der Waals surface area contributed by atoms with Crippen LogP contribution in [0.25, 0.3) is 6.08 Å². The third-order valence-electron chi connectivity index (χ3n) is 3.99. The van der Waals surface area contributed by atoms with E-state index in [1.807, 2.05) is 60.4 Å². The van der Waals surface area contributed by atoms with E-state index in [-0.39, 0.29) is 5.91 Å². The van der Waals surface area contributed by atoms with Gasteiger partial charge < -0.3 is 9.64 Å². The smallest absolute Gasteiger partial charge is 0.250 e. The first-order chi connectivity index (χ1) is 11.3. The third-order valence-corrected chi connectivity index (χ3v) is 3.99. The lowest BCUT2D eigenvalue weighted by atomic mass is 10.0. The second-order valence-corrected chi connectivity index (χ2v) is 5.56. The van der Waals surface area contributed by atoms with Crippen LogP contribution >= 0.6 is 0 Å². The van der Waals surface area contributed by atoms with Crippen molar-refractivity contribution >= 4 is 17.7 Å². The SMILES string of the molecule is CCOc1ccc(/C=C/C(=O)N2CCCc3ccccc32)cc1. The zero-order chi connectivity index (χ0) is 16.1. The van der Waals surface area contributed by atoms with Crippen LogP contribution in [0.3, 0.4) is 0 Å². The van der Waals surface area contributed by atoms with Gasteiger partial charge in [0.1, 0.15) is 5.75 Å². The van der Waals surface area contributed by atoms with Crippen LogP contribution in [0.2, 0.25) is 0 Å². The summed E-state index contributed by atoms with van der Waals surface area (Å²) >= 11 is 0. The molecule has 0 aliphatic carbocycles. The average molecular weight is 307 g/mol. The van der Waals surface area contributed by atoms with Crippen molar-refractivity contribution in [3.05, 3.63) is 65.7 Å². The van der Waals surface area contributed by atoms with E-state index in [1.54, 1.807) is 6.08 Å². The molecule has 0 saturated carbocycles. The molecule has 23 heavy (non-hydrogen) atoms. The van der Waals surface area contributed by atoms with Gasteiger partial charge in [-0.1, -0.05) is 30.3 Å². The Morgan fingerprint density at radius 2 is 1.96 bits per heavy atom. The molecule has 0 bridgehead atoms. The van der Waals surface area contributed by atoms with Crippen LogP contribution < -0.4 is 9.64 Å². The van der Waals surface area contributed by atoms with Crippen LogP contribution in [0.1, 0.15) is 24.5 Å². The minimum Gasteiger partial charge on any atom is -0.494 e. The van der Waals surface area contributed by atoms with Crippen LogP contribution in [-0.4, -0.2) is 19.1 Å². The molecule has 0 spiro atoms. The molecule has 1 heterocycles. The first-order valence-corrected chi connectivity index (χ1v) is 8.08. The highest BCUT2D eigenvalue weighted by Crippen LogP contribution is 2.27. The number of amides is 1.